The number of rotatable bonds is 5. The van der Waals surface area contributed by atoms with E-state index in [1.165, 1.54) is 29.6 Å². The van der Waals surface area contributed by atoms with E-state index in [-0.39, 0.29) is 11.9 Å². The Hall–Kier alpha value is -2.74. The third-order valence-electron chi connectivity index (χ3n) is 4.70. The molecule has 1 aliphatic rings. The fraction of sp³-hybridized carbons (Fsp3) is 0.391. The predicted octanol–water partition coefficient (Wildman–Crippen LogP) is 4.82. The van der Waals surface area contributed by atoms with Gasteiger partial charge in [-0.3, -0.25) is 0 Å². The van der Waals surface area contributed by atoms with Crippen LogP contribution in [0, 0.1) is 12.7 Å². The molecule has 166 valence electrons. The molecule has 3 rings (SSSR count). The summed E-state index contributed by atoms with van der Waals surface area (Å²) in [6, 6.07) is 12.8. The van der Waals surface area contributed by atoms with Crippen molar-refractivity contribution >= 4 is 29.9 Å². The molecule has 6 nitrogen and oxygen atoms in total. The molecular weight excluding hydrogens is 415 g/mol. The molecule has 0 atom stereocenters. The average Bonchev–Trinajstić information content (AvgIpc) is 2.71. The monoisotopic (exact) mass is 444 g/mol. The van der Waals surface area contributed by atoms with Gasteiger partial charge in [0.25, 0.3) is 0 Å². The minimum Gasteiger partial charge on any atom is -0.444 e. The first-order valence-corrected chi connectivity index (χ1v) is 11.1. The molecule has 1 aliphatic heterocycles. The van der Waals surface area contributed by atoms with Crippen LogP contribution in [0.5, 0.6) is 0 Å². The van der Waals surface area contributed by atoms with Crippen molar-refractivity contribution in [2.45, 2.75) is 38.2 Å². The van der Waals surface area contributed by atoms with Gasteiger partial charge in [-0.2, -0.15) is 5.10 Å². The maximum atomic E-state index is 13.9. The highest BCUT2D eigenvalue weighted by atomic mass is 32.2. The lowest BCUT2D eigenvalue weighted by atomic mass is 10.1. The molecule has 1 fully saturated rings. The first-order valence-electron chi connectivity index (χ1n) is 10.3. The van der Waals surface area contributed by atoms with Crippen LogP contribution in [0.25, 0.3) is 0 Å². The summed E-state index contributed by atoms with van der Waals surface area (Å²) in [6.07, 6.45) is 1.32. The number of aryl methyl sites for hydroxylation is 1. The lowest BCUT2D eigenvalue weighted by Gasteiger charge is -2.37. The topological polar surface area (TPSA) is 57.2 Å². The number of piperazine rings is 1. The molecule has 2 aromatic carbocycles. The first kappa shape index (κ1) is 22.9. The maximum absolute atomic E-state index is 13.9. The average molecular weight is 445 g/mol. The number of hydrazone groups is 1. The van der Waals surface area contributed by atoms with Crippen LogP contribution in [0.4, 0.5) is 14.9 Å². The van der Waals surface area contributed by atoms with Gasteiger partial charge in [0.15, 0.2) is 0 Å². The highest BCUT2D eigenvalue weighted by molar-refractivity contribution is 7.97. The van der Waals surface area contributed by atoms with E-state index in [1.807, 2.05) is 52.0 Å². The van der Waals surface area contributed by atoms with Crippen molar-refractivity contribution in [1.29, 1.82) is 0 Å². The molecule has 0 unspecified atom stereocenters. The number of carbonyl (C=O) groups is 1. The molecule has 0 spiro atoms. The van der Waals surface area contributed by atoms with Crippen molar-refractivity contribution in [3.05, 3.63) is 59.4 Å². The summed E-state index contributed by atoms with van der Waals surface area (Å²) in [6.45, 7) is 9.98. The van der Waals surface area contributed by atoms with Crippen molar-refractivity contribution in [2.24, 2.45) is 5.10 Å². The van der Waals surface area contributed by atoms with E-state index in [0.717, 1.165) is 10.6 Å². The Morgan fingerprint density at radius 3 is 2.45 bits per heavy atom. The normalized spacial score (nSPS) is 14.7. The number of hydrogen-bond acceptors (Lipinski definition) is 6. The second kappa shape index (κ2) is 10.0. The Balaban J connectivity index is 1.61. The minimum atomic E-state index is -0.515. The van der Waals surface area contributed by atoms with E-state index in [0.29, 0.717) is 31.7 Å². The Kier molecular flexibility index (Phi) is 7.43. The number of benzene rings is 2. The zero-order valence-corrected chi connectivity index (χ0v) is 19.2. The molecule has 0 radical (unpaired) electrons. The summed E-state index contributed by atoms with van der Waals surface area (Å²) >= 11 is 1.39. The SMILES string of the molecule is Cc1ccc(SN/N=C/c2cc(F)ccc2N2CCN(C(=O)OC(C)(C)C)CC2)cc1. The number of hydrogen-bond donors (Lipinski definition) is 1. The zero-order valence-electron chi connectivity index (χ0n) is 18.4. The van der Waals surface area contributed by atoms with Crippen LogP contribution in [0.1, 0.15) is 31.9 Å². The van der Waals surface area contributed by atoms with Crippen molar-refractivity contribution < 1.29 is 13.9 Å². The van der Waals surface area contributed by atoms with E-state index >= 15 is 0 Å². The molecule has 31 heavy (non-hydrogen) atoms. The van der Waals surface area contributed by atoms with E-state index in [1.54, 1.807) is 17.2 Å². The second-order valence-corrected chi connectivity index (χ2v) is 9.28. The van der Waals surface area contributed by atoms with Crippen molar-refractivity contribution in [3.63, 3.8) is 0 Å². The molecule has 0 bridgehead atoms. The third-order valence-corrected chi connectivity index (χ3v) is 5.41. The summed E-state index contributed by atoms with van der Waals surface area (Å²) in [7, 11) is 0. The maximum Gasteiger partial charge on any atom is 0.410 e. The van der Waals surface area contributed by atoms with Crippen LogP contribution < -0.4 is 9.73 Å². The van der Waals surface area contributed by atoms with Crippen LogP contribution >= 0.6 is 11.9 Å². The van der Waals surface area contributed by atoms with Gasteiger partial charge in [0, 0.05) is 54.3 Å². The van der Waals surface area contributed by atoms with E-state index < -0.39 is 5.60 Å². The van der Waals surface area contributed by atoms with Gasteiger partial charge in [0.1, 0.15) is 11.4 Å². The minimum absolute atomic E-state index is 0.301. The standard InChI is InChI=1S/C23H29FN4O2S/c1-17-5-8-20(9-6-17)31-26-25-16-18-15-19(24)7-10-21(18)27-11-13-28(14-12-27)22(29)30-23(2,3)4/h5-10,15-16,26H,11-14H2,1-4H3/b25-16+. The van der Waals surface area contributed by atoms with Gasteiger partial charge in [0.2, 0.25) is 0 Å². The van der Waals surface area contributed by atoms with Gasteiger partial charge in [-0.25, -0.2) is 14.0 Å². The Bertz CT molecular complexity index is 920. The molecular formula is C23H29FN4O2S. The molecule has 1 N–H and O–H groups in total. The van der Waals surface area contributed by atoms with Gasteiger partial charge in [0.05, 0.1) is 6.21 Å². The summed E-state index contributed by atoms with van der Waals surface area (Å²) in [5, 5.41) is 4.25. The van der Waals surface area contributed by atoms with E-state index in [2.05, 4.69) is 14.8 Å². The lowest BCUT2D eigenvalue weighted by Crippen LogP contribution is -2.50. The number of ether oxygens (including phenoxy) is 1. The predicted molar refractivity (Wildman–Crippen MR) is 124 cm³/mol. The summed E-state index contributed by atoms with van der Waals surface area (Å²) in [5.74, 6) is -0.316. The van der Waals surface area contributed by atoms with Gasteiger partial charge < -0.3 is 14.5 Å². The largest absolute Gasteiger partial charge is 0.444 e. The van der Waals surface area contributed by atoms with Crippen LogP contribution in [0.3, 0.4) is 0 Å². The number of nitrogens with one attached hydrogen (secondary N) is 1. The molecule has 1 saturated heterocycles. The van der Waals surface area contributed by atoms with Crippen molar-refractivity contribution in [2.75, 3.05) is 31.1 Å². The molecule has 0 saturated carbocycles. The number of amides is 1. The van der Waals surface area contributed by atoms with Crippen molar-refractivity contribution in [1.82, 2.24) is 9.73 Å². The molecule has 0 aliphatic carbocycles. The van der Waals surface area contributed by atoms with Crippen LogP contribution in [0.2, 0.25) is 0 Å². The lowest BCUT2D eigenvalue weighted by molar-refractivity contribution is 0.0240. The number of halogens is 1. The summed E-state index contributed by atoms with van der Waals surface area (Å²) in [5.41, 5.74) is 2.25. The van der Waals surface area contributed by atoms with Crippen LogP contribution in [-0.4, -0.2) is 49.0 Å². The molecule has 1 amide bonds. The van der Waals surface area contributed by atoms with Gasteiger partial charge in [-0.1, -0.05) is 17.7 Å². The van der Waals surface area contributed by atoms with Gasteiger partial charge in [-0.05, 0) is 58.0 Å². The second-order valence-electron chi connectivity index (χ2n) is 8.42. The van der Waals surface area contributed by atoms with Gasteiger partial charge in [-0.15, -0.1) is 0 Å². The molecule has 8 heteroatoms. The summed E-state index contributed by atoms with van der Waals surface area (Å²) in [4.78, 5) is 20.1. The Labute approximate surface area is 187 Å². The number of nitrogens with zero attached hydrogens (tertiary/aromatic N) is 3. The molecule has 0 aromatic heterocycles. The first-order chi connectivity index (χ1) is 14.7. The van der Waals surface area contributed by atoms with E-state index in [9.17, 15) is 9.18 Å². The third kappa shape index (κ3) is 6.89. The smallest absolute Gasteiger partial charge is 0.410 e. The Morgan fingerprint density at radius 2 is 1.81 bits per heavy atom. The van der Waals surface area contributed by atoms with Crippen LogP contribution in [-0.2, 0) is 4.74 Å². The zero-order chi connectivity index (χ0) is 22.4. The highest BCUT2D eigenvalue weighted by Crippen LogP contribution is 2.23. The van der Waals surface area contributed by atoms with E-state index in [4.69, 9.17) is 4.74 Å². The van der Waals surface area contributed by atoms with Gasteiger partial charge >= 0.3 is 6.09 Å². The molecule has 2 aromatic rings. The highest BCUT2D eigenvalue weighted by Gasteiger charge is 2.26. The quantitative estimate of drug-likeness (QED) is 0.407. The summed E-state index contributed by atoms with van der Waals surface area (Å²) < 4.78 is 19.3. The molecule has 1 heterocycles. The fourth-order valence-corrected chi connectivity index (χ4v) is 3.64. The number of carbonyl (C=O) groups excluding carboxylic acids is 1. The van der Waals surface area contributed by atoms with Crippen molar-refractivity contribution in [3.8, 4) is 0 Å². The fourth-order valence-electron chi connectivity index (χ4n) is 3.15. The number of anilines is 1. The van der Waals surface area contributed by atoms with Crippen LogP contribution in [0.15, 0.2) is 52.5 Å². The Morgan fingerprint density at radius 1 is 1.13 bits per heavy atom.